The average Bonchev–Trinajstić information content (AvgIpc) is 2.51. The van der Waals surface area contributed by atoms with Crippen LogP contribution in [0.15, 0.2) is 11.3 Å². The lowest BCUT2D eigenvalue weighted by atomic mass is 9.80. The van der Waals surface area contributed by atoms with Crippen molar-refractivity contribution in [2.45, 2.75) is 37.6 Å². The minimum absolute atomic E-state index is 0.00981. The van der Waals surface area contributed by atoms with Gasteiger partial charge in [0.05, 0.1) is 18.3 Å². The molecule has 0 aromatic heterocycles. The van der Waals surface area contributed by atoms with Gasteiger partial charge in [-0.25, -0.2) is 4.79 Å². The molecule has 5 heteroatoms. The standard InChI is InChI=1S/C11H16N2O3/c1-16-10(15)7-8(12)11(13-9(7)14)5-3-2-4-6-11/h2-6,12H2,1H3,(H,13,14). The number of carbonyl (C=O) groups is 2. The molecular weight excluding hydrogens is 208 g/mol. The van der Waals surface area contributed by atoms with Crippen LogP contribution >= 0.6 is 0 Å². The van der Waals surface area contributed by atoms with Crippen molar-refractivity contribution in [3.63, 3.8) is 0 Å². The van der Waals surface area contributed by atoms with E-state index in [1.807, 2.05) is 0 Å². The molecule has 1 amide bonds. The smallest absolute Gasteiger partial charge is 0.345 e. The van der Waals surface area contributed by atoms with Gasteiger partial charge in [-0.3, -0.25) is 4.79 Å². The van der Waals surface area contributed by atoms with Gasteiger partial charge in [-0.2, -0.15) is 0 Å². The third-order valence-corrected chi connectivity index (χ3v) is 3.46. The average molecular weight is 224 g/mol. The Morgan fingerprint density at radius 3 is 2.56 bits per heavy atom. The molecule has 0 bridgehead atoms. The van der Waals surface area contributed by atoms with Gasteiger partial charge in [-0.1, -0.05) is 19.3 Å². The fraction of sp³-hybridized carbons (Fsp3) is 0.636. The first-order chi connectivity index (χ1) is 7.60. The SMILES string of the molecule is COC(=O)C1=C(N)C2(CCCCC2)NC1=O. The lowest BCUT2D eigenvalue weighted by molar-refractivity contribution is -0.137. The second kappa shape index (κ2) is 3.81. The van der Waals surface area contributed by atoms with Gasteiger partial charge < -0.3 is 15.8 Å². The number of hydrogen-bond donors (Lipinski definition) is 2. The van der Waals surface area contributed by atoms with Crippen LogP contribution in [0.3, 0.4) is 0 Å². The topological polar surface area (TPSA) is 81.4 Å². The summed E-state index contributed by atoms with van der Waals surface area (Å²) in [5, 5.41) is 2.85. The first-order valence-electron chi connectivity index (χ1n) is 5.52. The van der Waals surface area contributed by atoms with E-state index >= 15 is 0 Å². The van der Waals surface area contributed by atoms with Crippen LogP contribution in [0.5, 0.6) is 0 Å². The Balaban J connectivity index is 2.35. The highest BCUT2D eigenvalue weighted by Gasteiger charge is 2.46. The van der Waals surface area contributed by atoms with Crippen molar-refractivity contribution in [2.75, 3.05) is 7.11 Å². The maximum Gasteiger partial charge on any atom is 0.345 e. The van der Waals surface area contributed by atoms with E-state index in [1.54, 1.807) is 0 Å². The molecule has 0 saturated heterocycles. The number of nitrogens with one attached hydrogen (secondary N) is 1. The highest BCUT2D eigenvalue weighted by molar-refractivity contribution is 6.19. The number of amides is 1. The zero-order valence-corrected chi connectivity index (χ0v) is 9.34. The number of rotatable bonds is 1. The molecule has 1 saturated carbocycles. The fourth-order valence-electron chi connectivity index (χ4n) is 2.56. The summed E-state index contributed by atoms with van der Waals surface area (Å²) < 4.78 is 4.57. The molecule has 0 aromatic rings. The van der Waals surface area contributed by atoms with Crippen LogP contribution < -0.4 is 11.1 Å². The van der Waals surface area contributed by atoms with Crippen molar-refractivity contribution in [1.29, 1.82) is 0 Å². The zero-order chi connectivity index (χ0) is 11.8. The summed E-state index contributed by atoms with van der Waals surface area (Å²) in [6.07, 6.45) is 4.82. The van der Waals surface area contributed by atoms with Gasteiger partial charge >= 0.3 is 5.97 Å². The van der Waals surface area contributed by atoms with E-state index in [0.29, 0.717) is 5.70 Å². The van der Waals surface area contributed by atoms with E-state index in [4.69, 9.17) is 5.73 Å². The van der Waals surface area contributed by atoms with E-state index in [1.165, 1.54) is 7.11 Å². The van der Waals surface area contributed by atoms with Crippen LogP contribution in [-0.2, 0) is 14.3 Å². The van der Waals surface area contributed by atoms with Crippen LogP contribution in [0, 0.1) is 0 Å². The minimum atomic E-state index is -0.641. The normalized spacial score (nSPS) is 23.4. The van der Waals surface area contributed by atoms with Gasteiger partial charge in [0.25, 0.3) is 5.91 Å². The number of esters is 1. The number of nitrogens with two attached hydrogens (primary N) is 1. The van der Waals surface area contributed by atoms with Crippen molar-refractivity contribution in [3.8, 4) is 0 Å². The van der Waals surface area contributed by atoms with Gasteiger partial charge in [-0.05, 0) is 12.8 Å². The van der Waals surface area contributed by atoms with E-state index in [-0.39, 0.29) is 5.57 Å². The largest absolute Gasteiger partial charge is 0.465 e. The molecule has 0 radical (unpaired) electrons. The molecule has 1 aliphatic carbocycles. The van der Waals surface area contributed by atoms with Crippen LogP contribution in [-0.4, -0.2) is 24.5 Å². The molecular formula is C11H16N2O3. The summed E-state index contributed by atoms with van der Waals surface area (Å²) in [6, 6.07) is 0. The lowest BCUT2D eigenvalue weighted by Gasteiger charge is -2.34. The van der Waals surface area contributed by atoms with Crippen molar-refractivity contribution in [3.05, 3.63) is 11.3 Å². The molecule has 1 fully saturated rings. The third kappa shape index (κ3) is 1.47. The summed E-state index contributed by atoms with van der Waals surface area (Å²) in [4.78, 5) is 23.1. The number of carbonyl (C=O) groups excluding carboxylic acids is 2. The Bertz CT molecular complexity index is 367. The van der Waals surface area contributed by atoms with Gasteiger partial charge in [0.2, 0.25) is 0 Å². The first kappa shape index (κ1) is 11.0. The highest BCUT2D eigenvalue weighted by atomic mass is 16.5. The van der Waals surface area contributed by atoms with Crippen LogP contribution in [0.4, 0.5) is 0 Å². The summed E-state index contributed by atoms with van der Waals surface area (Å²) in [7, 11) is 1.25. The van der Waals surface area contributed by atoms with Crippen LogP contribution in [0.25, 0.3) is 0 Å². The van der Waals surface area contributed by atoms with Crippen molar-refractivity contribution in [2.24, 2.45) is 5.73 Å². The predicted molar refractivity (Wildman–Crippen MR) is 57.2 cm³/mol. The van der Waals surface area contributed by atoms with Crippen molar-refractivity contribution < 1.29 is 14.3 Å². The minimum Gasteiger partial charge on any atom is -0.465 e. The monoisotopic (exact) mass is 224 g/mol. The quantitative estimate of drug-likeness (QED) is 0.492. The molecule has 0 atom stereocenters. The van der Waals surface area contributed by atoms with Gasteiger partial charge in [0.1, 0.15) is 5.57 Å². The van der Waals surface area contributed by atoms with Gasteiger partial charge in [-0.15, -0.1) is 0 Å². The molecule has 3 N–H and O–H groups in total. The molecule has 16 heavy (non-hydrogen) atoms. The first-order valence-corrected chi connectivity index (χ1v) is 5.52. The maximum atomic E-state index is 11.7. The molecule has 88 valence electrons. The van der Waals surface area contributed by atoms with Crippen LogP contribution in [0.2, 0.25) is 0 Å². The second-order valence-corrected chi connectivity index (χ2v) is 4.38. The Morgan fingerprint density at radius 1 is 1.38 bits per heavy atom. The van der Waals surface area contributed by atoms with Crippen molar-refractivity contribution >= 4 is 11.9 Å². The summed E-state index contributed by atoms with van der Waals surface area (Å²) in [5.74, 6) is -1.04. The summed E-state index contributed by atoms with van der Waals surface area (Å²) in [6.45, 7) is 0. The number of hydrogen-bond acceptors (Lipinski definition) is 4. The third-order valence-electron chi connectivity index (χ3n) is 3.46. The van der Waals surface area contributed by atoms with Crippen molar-refractivity contribution in [1.82, 2.24) is 5.32 Å². The Labute approximate surface area is 94.0 Å². The molecule has 2 rings (SSSR count). The van der Waals surface area contributed by atoms with Gasteiger partial charge in [0, 0.05) is 0 Å². The maximum absolute atomic E-state index is 11.7. The molecule has 1 heterocycles. The number of ether oxygens (including phenoxy) is 1. The summed E-state index contributed by atoms with van der Waals surface area (Å²) in [5.41, 5.74) is 5.82. The Morgan fingerprint density at radius 2 is 2.00 bits per heavy atom. The number of methoxy groups -OCH3 is 1. The lowest BCUT2D eigenvalue weighted by Crippen LogP contribution is -2.47. The molecule has 2 aliphatic rings. The molecule has 5 nitrogen and oxygen atoms in total. The predicted octanol–water partition coefficient (Wildman–Crippen LogP) is 0.205. The molecule has 1 aliphatic heterocycles. The zero-order valence-electron chi connectivity index (χ0n) is 9.34. The highest BCUT2D eigenvalue weighted by Crippen LogP contribution is 2.37. The Hall–Kier alpha value is -1.52. The van der Waals surface area contributed by atoms with E-state index in [2.05, 4.69) is 10.1 Å². The van der Waals surface area contributed by atoms with E-state index in [0.717, 1.165) is 32.1 Å². The summed E-state index contributed by atoms with van der Waals surface area (Å²) >= 11 is 0. The van der Waals surface area contributed by atoms with E-state index < -0.39 is 17.4 Å². The Kier molecular flexibility index (Phi) is 2.61. The second-order valence-electron chi connectivity index (χ2n) is 4.38. The molecule has 0 unspecified atom stereocenters. The molecule has 0 aromatic carbocycles. The molecule has 1 spiro atoms. The van der Waals surface area contributed by atoms with Gasteiger partial charge in [0.15, 0.2) is 0 Å². The van der Waals surface area contributed by atoms with Crippen LogP contribution in [0.1, 0.15) is 32.1 Å². The van der Waals surface area contributed by atoms with E-state index in [9.17, 15) is 9.59 Å². The fourth-order valence-corrected chi connectivity index (χ4v) is 2.56.